The molecule has 0 aliphatic heterocycles. The van der Waals surface area contributed by atoms with Crippen LogP contribution in [0.4, 0.5) is 10.5 Å². The molecule has 1 aromatic heterocycles. The molecular formula is C16H21N5O6S. The summed E-state index contributed by atoms with van der Waals surface area (Å²) in [6.07, 6.45) is 0.175. The molecule has 1 heterocycles. The van der Waals surface area contributed by atoms with Crippen LogP contribution in [0.15, 0.2) is 23.0 Å². The van der Waals surface area contributed by atoms with Crippen molar-refractivity contribution in [2.75, 3.05) is 11.3 Å². The van der Waals surface area contributed by atoms with Crippen LogP contribution in [0.2, 0.25) is 0 Å². The van der Waals surface area contributed by atoms with Crippen molar-refractivity contribution >= 4 is 27.7 Å². The van der Waals surface area contributed by atoms with Gasteiger partial charge in [0.1, 0.15) is 0 Å². The second kappa shape index (κ2) is 8.25. The van der Waals surface area contributed by atoms with Gasteiger partial charge >= 0.3 is 27.9 Å². The van der Waals surface area contributed by atoms with E-state index in [1.807, 2.05) is 0 Å². The molecule has 0 bridgehead atoms. The van der Waals surface area contributed by atoms with Gasteiger partial charge in [0.2, 0.25) is 0 Å². The van der Waals surface area contributed by atoms with Crippen LogP contribution in [0.25, 0.3) is 0 Å². The number of aryl methyl sites for hydroxylation is 1. The SMILES string of the molecule is CCOc1nn(C(=O)NS(=O)(=O)Nc2c(C)cccc2C(=O)CC)c(=O)n1C. The van der Waals surface area contributed by atoms with Gasteiger partial charge in [0.05, 0.1) is 12.3 Å². The van der Waals surface area contributed by atoms with Gasteiger partial charge in [0.25, 0.3) is 0 Å². The van der Waals surface area contributed by atoms with Crippen LogP contribution in [0.5, 0.6) is 6.01 Å². The number of aromatic nitrogens is 3. The molecule has 2 aromatic rings. The van der Waals surface area contributed by atoms with Crippen molar-refractivity contribution in [1.29, 1.82) is 0 Å². The lowest BCUT2D eigenvalue weighted by Gasteiger charge is -2.14. The van der Waals surface area contributed by atoms with Crippen LogP contribution < -0.4 is 19.9 Å². The lowest BCUT2D eigenvalue weighted by atomic mass is 10.0. The Balaban J connectivity index is 2.31. The van der Waals surface area contributed by atoms with Gasteiger partial charge in [-0.2, -0.15) is 8.42 Å². The maximum absolute atomic E-state index is 12.4. The standard InChI is InChI=1S/C16H21N5O6S/c1-5-12(22)11-9-7-8-10(3)13(11)18-28(25,26)19-14(23)21-16(24)20(4)15(17-21)27-6-2/h7-9,18H,5-6H2,1-4H3,(H,19,23). The number of anilines is 1. The maximum Gasteiger partial charge on any atom is 0.361 e. The number of hydrogen-bond donors (Lipinski definition) is 2. The summed E-state index contributed by atoms with van der Waals surface area (Å²) in [5.41, 5.74) is -0.161. The lowest BCUT2D eigenvalue weighted by Crippen LogP contribution is -2.43. The smallest absolute Gasteiger partial charge is 0.361 e. The lowest BCUT2D eigenvalue weighted by molar-refractivity contribution is 0.0989. The van der Waals surface area contributed by atoms with Crippen LogP contribution in [0.1, 0.15) is 36.2 Å². The van der Waals surface area contributed by atoms with E-state index < -0.39 is 21.9 Å². The Kier molecular flexibility index (Phi) is 6.23. The summed E-state index contributed by atoms with van der Waals surface area (Å²) < 4.78 is 35.0. The molecule has 11 nitrogen and oxygen atoms in total. The second-order valence-corrected chi connectivity index (χ2v) is 7.17. The Morgan fingerprint density at radius 1 is 1.25 bits per heavy atom. The molecule has 0 radical (unpaired) electrons. The molecule has 28 heavy (non-hydrogen) atoms. The zero-order valence-corrected chi connectivity index (χ0v) is 16.7. The van der Waals surface area contributed by atoms with Gasteiger partial charge in [0.15, 0.2) is 5.78 Å². The van der Waals surface area contributed by atoms with Crippen LogP contribution in [-0.4, -0.2) is 41.2 Å². The highest BCUT2D eigenvalue weighted by Crippen LogP contribution is 2.23. The second-order valence-electron chi connectivity index (χ2n) is 5.76. The molecule has 0 spiro atoms. The van der Waals surface area contributed by atoms with Gasteiger partial charge in [-0.15, -0.1) is 9.78 Å². The average molecular weight is 411 g/mol. The zero-order valence-electron chi connectivity index (χ0n) is 15.8. The fraction of sp³-hybridized carbons (Fsp3) is 0.375. The van der Waals surface area contributed by atoms with Crippen LogP contribution >= 0.6 is 0 Å². The number of benzene rings is 1. The Hall–Kier alpha value is -3.15. The number of rotatable bonds is 7. The van der Waals surface area contributed by atoms with Crippen LogP contribution in [-0.2, 0) is 17.3 Å². The summed E-state index contributed by atoms with van der Waals surface area (Å²) >= 11 is 0. The van der Waals surface area contributed by atoms with Crippen molar-refractivity contribution in [3.8, 4) is 6.01 Å². The van der Waals surface area contributed by atoms with Crippen molar-refractivity contribution in [2.24, 2.45) is 7.05 Å². The van der Waals surface area contributed by atoms with Crippen LogP contribution in [0.3, 0.4) is 0 Å². The number of Topliss-reactive ketones (excluding diaryl/α,β-unsaturated/α-hetero) is 1. The number of amides is 1. The van der Waals surface area contributed by atoms with E-state index in [4.69, 9.17) is 4.74 Å². The Morgan fingerprint density at radius 2 is 1.93 bits per heavy atom. The van der Waals surface area contributed by atoms with E-state index >= 15 is 0 Å². The first-order chi connectivity index (χ1) is 13.1. The molecule has 0 unspecified atom stereocenters. The Morgan fingerprint density at radius 3 is 2.54 bits per heavy atom. The minimum Gasteiger partial charge on any atom is -0.464 e. The van der Waals surface area contributed by atoms with Crippen molar-refractivity contribution < 1.29 is 22.7 Å². The van der Waals surface area contributed by atoms with Crippen molar-refractivity contribution in [3.05, 3.63) is 39.8 Å². The fourth-order valence-electron chi connectivity index (χ4n) is 2.35. The van der Waals surface area contributed by atoms with Gasteiger partial charge in [-0.1, -0.05) is 19.1 Å². The molecule has 0 aliphatic rings. The summed E-state index contributed by atoms with van der Waals surface area (Å²) in [5.74, 6) is -0.268. The quantitative estimate of drug-likeness (QED) is 0.642. The first-order valence-corrected chi connectivity index (χ1v) is 9.86. The molecular weight excluding hydrogens is 390 g/mol. The summed E-state index contributed by atoms with van der Waals surface area (Å²) in [6, 6.07) is 3.29. The highest BCUT2D eigenvalue weighted by Gasteiger charge is 2.23. The summed E-state index contributed by atoms with van der Waals surface area (Å²) in [7, 11) is -3.13. The van der Waals surface area contributed by atoms with E-state index in [1.165, 1.54) is 13.1 Å². The Bertz CT molecular complexity index is 1070. The van der Waals surface area contributed by atoms with E-state index in [1.54, 1.807) is 37.6 Å². The number of carbonyl (C=O) groups is 2. The average Bonchev–Trinajstić information content (AvgIpc) is 2.91. The first-order valence-electron chi connectivity index (χ1n) is 8.37. The number of nitrogens with zero attached hydrogens (tertiary/aromatic N) is 3. The van der Waals surface area contributed by atoms with Gasteiger partial charge in [0, 0.05) is 19.0 Å². The van der Waals surface area contributed by atoms with Gasteiger partial charge < -0.3 is 4.74 Å². The Labute approximate surface area is 161 Å². The largest absolute Gasteiger partial charge is 0.464 e. The molecule has 2 N–H and O–H groups in total. The van der Waals surface area contributed by atoms with E-state index in [0.717, 1.165) is 4.57 Å². The number of para-hydroxylation sites is 1. The minimum absolute atomic E-state index is 0.0537. The molecule has 1 amide bonds. The molecule has 12 heteroatoms. The number of ketones is 1. The van der Waals surface area contributed by atoms with E-state index in [2.05, 4.69) is 9.82 Å². The molecule has 0 fully saturated rings. The van der Waals surface area contributed by atoms with Crippen molar-refractivity contribution in [1.82, 2.24) is 19.1 Å². The topological polar surface area (TPSA) is 141 Å². The third-order valence-electron chi connectivity index (χ3n) is 3.76. The highest BCUT2D eigenvalue weighted by molar-refractivity contribution is 7.91. The fourth-order valence-corrected chi connectivity index (χ4v) is 3.26. The number of nitrogens with one attached hydrogen (secondary N) is 2. The number of hydrogen-bond acceptors (Lipinski definition) is 7. The van der Waals surface area contributed by atoms with Crippen LogP contribution in [0, 0.1) is 6.92 Å². The summed E-state index contributed by atoms with van der Waals surface area (Å²) in [4.78, 5) is 36.4. The van der Waals surface area contributed by atoms with Crippen molar-refractivity contribution in [2.45, 2.75) is 27.2 Å². The highest BCUT2D eigenvalue weighted by atomic mass is 32.2. The molecule has 2 rings (SSSR count). The van der Waals surface area contributed by atoms with Gasteiger partial charge in [-0.3, -0.25) is 9.52 Å². The third kappa shape index (κ3) is 4.39. The molecule has 0 aliphatic carbocycles. The zero-order chi connectivity index (χ0) is 21.1. The monoisotopic (exact) mass is 411 g/mol. The van der Waals surface area contributed by atoms with Gasteiger partial charge in [-0.05, 0) is 25.5 Å². The molecule has 0 atom stereocenters. The minimum atomic E-state index is -4.45. The maximum atomic E-state index is 12.4. The van der Waals surface area contributed by atoms with E-state index in [9.17, 15) is 22.8 Å². The summed E-state index contributed by atoms with van der Waals surface area (Å²) in [5, 5.41) is 3.65. The normalized spacial score (nSPS) is 11.1. The third-order valence-corrected chi connectivity index (χ3v) is 4.68. The molecule has 1 aromatic carbocycles. The number of carbonyl (C=O) groups excluding carboxylic acids is 2. The summed E-state index contributed by atoms with van der Waals surface area (Å²) in [6.45, 7) is 5.13. The molecule has 0 saturated carbocycles. The predicted molar refractivity (Wildman–Crippen MR) is 101 cm³/mol. The number of ether oxygens (including phenoxy) is 1. The van der Waals surface area contributed by atoms with Crippen molar-refractivity contribution in [3.63, 3.8) is 0 Å². The first kappa shape index (κ1) is 21.2. The molecule has 0 saturated heterocycles. The van der Waals surface area contributed by atoms with Gasteiger partial charge in [-0.25, -0.2) is 18.9 Å². The van der Waals surface area contributed by atoms with E-state index in [0.29, 0.717) is 10.2 Å². The van der Waals surface area contributed by atoms with E-state index in [-0.39, 0.29) is 36.1 Å². The molecule has 152 valence electrons. The predicted octanol–water partition coefficient (Wildman–Crippen LogP) is 0.796.